The number of nitrogens with zero attached hydrogens (tertiary/aromatic N) is 1. The van der Waals surface area contributed by atoms with Gasteiger partial charge in [0.1, 0.15) is 5.54 Å². The van der Waals surface area contributed by atoms with Gasteiger partial charge in [-0.2, -0.15) is 18.4 Å². The molecule has 2 aliphatic rings. The average molecular weight is 374 g/mol. The summed E-state index contributed by atoms with van der Waals surface area (Å²) in [5.74, 6) is -4.58. The van der Waals surface area contributed by atoms with Gasteiger partial charge in [0.25, 0.3) is 5.91 Å². The molecule has 0 aromatic carbocycles. The van der Waals surface area contributed by atoms with Crippen molar-refractivity contribution in [2.45, 2.75) is 75.9 Å². The van der Waals surface area contributed by atoms with Crippen LogP contribution in [0.4, 0.5) is 13.2 Å². The molecule has 0 spiro atoms. The topological polar surface area (TPSA) is 79.2 Å². The summed E-state index contributed by atoms with van der Waals surface area (Å²) < 4.78 is 44.1. The fourth-order valence-corrected chi connectivity index (χ4v) is 3.95. The predicted octanol–water partition coefficient (Wildman–Crippen LogP) is 3.63. The van der Waals surface area contributed by atoms with Crippen LogP contribution in [0.15, 0.2) is 0 Å². The van der Waals surface area contributed by atoms with E-state index in [0.717, 1.165) is 25.7 Å². The van der Waals surface area contributed by atoms with E-state index in [2.05, 4.69) is 11.4 Å². The van der Waals surface area contributed by atoms with Crippen LogP contribution in [-0.4, -0.2) is 30.2 Å². The van der Waals surface area contributed by atoms with Crippen LogP contribution >= 0.6 is 0 Å². The first-order chi connectivity index (χ1) is 12.3. The van der Waals surface area contributed by atoms with Crippen molar-refractivity contribution in [3.8, 4) is 6.07 Å². The highest BCUT2D eigenvalue weighted by molar-refractivity contribution is 5.82. The zero-order valence-electron chi connectivity index (χ0n) is 14.7. The van der Waals surface area contributed by atoms with Gasteiger partial charge in [0.05, 0.1) is 17.9 Å². The molecule has 0 heterocycles. The molecule has 2 saturated carbocycles. The Morgan fingerprint density at radius 1 is 1.08 bits per heavy atom. The van der Waals surface area contributed by atoms with Crippen LogP contribution in [0, 0.1) is 23.2 Å². The predicted molar refractivity (Wildman–Crippen MR) is 86.7 cm³/mol. The van der Waals surface area contributed by atoms with Crippen molar-refractivity contribution in [1.29, 1.82) is 5.26 Å². The second kappa shape index (κ2) is 8.74. The van der Waals surface area contributed by atoms with Gasteiger partial charge >= 0.3 is 12.1 Å². The minimum absolute atomic E-state index is 0.0903. The SMILES string of the molecule is N#CC1(NC(=O)COC(=O)[C@H]2CCCC[C@H]2C(F)(F)F)CCCCCC1. The van der Waals surface area contributed by atoms with E-state index < -0.39 is 42.0 Å². The quantitative estimate of drug-likeness (QED) is 0.602. The Morgan fingerprint density at radius 2 is 1.69 bits per heavy atom. The Morgan fingerprint density at radius 3 is 2.27 bits per heavy atom. The van der Waals surface area contributed by atoms with Gasteiger partial charge in [-0.25, -0.2) is 0 Å². The van der Waals surface area contributed by atoms with Crippen LogP contribution in [0.3, 0.4) is 0 Å². The fraction of sp³-hybridized carbons (Fsp3) is 0.833. The lowest BCUT2D eigenvalue weighted by molar-refractivity contribution is -0.205. The molecule has 0 unspecified atom stereocenters. The van der Waals surface area contributed by atoms with Gasteiger partial charge in [0, 0.05) is 0 Å². The molecule has 1 N–H and O–H groups in total. The minimum atomic E-state index is -4.45. The first-order valence-electron chi connectivity index (χ1n) is 9.23. The molecule has 26 heavy (non-hydrogen) atoms. The molecule has 2 atom stereocenters. The smallest absolute Gasteiger partial charge is 0.392 e. The van der Waals surface area contributed by atoms with E-state index in [0.29, 0.717) is 25.7 Å². The normalized spacial score (nSPS) is 26.2. The molecule has 146 valence electrons. The third-order valence-corrected chi connectivity index (χ3v) is 5.38. The molecular formula is C18H25F3N2O3. The second-order valence-electron chi connectivity index (χ2n) is 7.30. The van der Waals surface area contributed by atoms with Crippen molar-refractivity contribution in [1.82, 2.24) is 5.32 Å². The van der Waals surface area contributed by atoms with Crippen LogP contribution in [0.5, 0.6) is 0 Å². The van der Waals surface area contributed by atoms with Crippen molar-refractivity contribution in [2.75, 3.05) is 6.61 Å². The lowest BCUT2D eigenvalue weighted by Gasteiger charge is -2.31. The van der Waals surface area contributed by atoms with Crippen LogP contribution in [0.25, 0.3) is 0 Å². The largest absolute Gasteiger partial charge is 0.455 e. The van der Waals surface area contributed by atoms with Crippen molar-refractivity contribution in [3.05, 3.63) is 0 Å². The van der Waals surface area contributed by atoms with Gasteiger partial charge in [-0.15, -0.1) is 0 Å². The highest BCUT2D eigenvalue weighted by Gasteiger charge is 2.48. The Hall–Kier alpha value is -1.78. The Balaban J connectivity index is 1.89. The number of nitriles is 1. The van der Waals surface area contributed by atoms with Gasteiger partial charge in [0.15, 0.2) is 6.61 Å². The van der Waals surface area contributed by atoms with Gasteiger partial charge in [0.2, 0.25) is 0 Å². The highest BCUT2D eigenvalue weighted by atomic mass is 19.4. The fourth-order valence-electron chi connectivity index (χ4n) is 3.95. The van der Waals surface area contributed by atoms with E-state index in [-0.39, 0.29) is 12.8 Å². The van der Waals surface area contributed by atoms with E-state index in [4.69, 9.17) is 4.74 Å². The number of carbonyl (C=O) groups is 2. The van der Waals surface area contributed by atoms with Crippen molar-refractivity contribution < 1.29 is 27.5 Å². The summed E-state index contributed by atoms with van der Waals surface area (Å²) >= 11 is 0. The summed E-state index contributed by atoms with van der Waals surface area (Å²) in [5, 5.41) is 12.0. The number of alkyl halides is 3. The van der Waals surface area contributed by atoms with Crippen LogP contribution in [0.2, 0.25) is 0 Å². The van der Waals surface area contributed by atoms with Crippen molar-refractivity contribution in [3.63, 3.8) is 0 Å². The molecule has 5 nitrogen and oxygen atoms in total. The third kappa shape index (κ3) is 5.36. The number of amides is 1. The lowest BCUT2D eigenvalue weighted by Crippen LogP contribution is -2.49. The molecule has 0 aromatic rings. The summed E-state index contributed by atoms with van der Waals surface area (Å²) in [6, 6.07) is 2.15. The molecule has 0 radical (unpaired) electrons. The van der Waals surface area contributed by atoms with E-state index in [1.165, 1.54) is 0 Å². The summed E-state index contributed by atoms with van der Waals surface area (Å²) in [6.07, 6.45) is 1.24. The minimum Gasteiger partial charge on any atom is -0.455 e. The molecule has 0 saturated heterocycles. The van der Waals surface area contributed by atoms with Gasteiger partial charge in [-0.1, -0.05) is 38.5 Å². The van der Waals surface area contributed by atoms with E-state index in [1.807, 2.05) is 0 Å². The number of hydrogen-bond acceptors (Lipinski definition) is 4. The third-order valence-electron chi connectivity index (χ3n) is 5.38. The van der Waals surface area contributed by atoms with Crippen LogP contribution < -0.4 is 5.32 Å². The first-order valence-corrected chi connectivity index (χ1v) is 9.23. The maximum Gasteiger partial charge on any atom is 0.392 e. The Kier molecular flexibility index (Phi) is 6.90. The molecule has 0 aromatic heterocycles. The number of esters is 1. The molecule has 8 heteroatoms. The number of rotatable bonds is 4. The summed E-state index contributed by atoms with van der Waals surface area (Å²) in [5.41, 5.74) is -0.973. The van der Waals surface area contributed by atoms with Gasteiger partial charge in [-0.05, 0) is 25.7 Å². The second-order valence-corrected chi connectivity index (χ2v) is 7.30. The molecule has 2 aliphatic carbocycles. The summed E-state index contributed by atoms with van der Waals surface area (Å²) in [6.45, 7) is -0.649. The zero-order chi connectivity index (χ0) is 19.2. The molecule has 1 amide bonds. The average Bonchev–Trinajstić information content (AvgIpc) is 2.85. The molecule has 0 bridgehead atoms. The van der Waals surface area contributed by atoms with E-state index >= 15 is 0 Å². The van der Waals surface area contributed by atoms with Gasteiger partial charge in [-0.3, -0.25) is 9.59 Å². The van der Waals surface area contributed by atoms with Crippen molar-refractivity contribution >= 4 is 11.9 Å². The zero-order valence-corrected chi connectivity index (χ0v) is 14.7. The van der Waals surface area contributed by atoms with E-state index in [1.54, 1.807) is 0 Å². The number of carbonyl (C=O) groups excluding carboxylic acids is 2. The number of nitrogens with one attached hydrogen (secondary N) is 1. The monoisotopic (exact) mass is 374 g/mol. The number of halogens is 3. The highest BCUT2D eigenvalue weighted by Crippen LogP contribution is 2.41. The Labute approximate surface area is 151 Å². The molecular weight excluding hydrogens is 349 g/mol. The lowest BCUT2D eigenvalue weighted by atomic mass is 9.79. The van der Waals surface area contributed by atoms with Gasteiger partial charge < -0.3 is 10.1 Å². The molecule has 2 fully saturated rings. The van der Waals surface area contributed by atoms with Crippen molar-refractivity contribution in [2.24, 2.45) is 11.8 Å². The summed E-state index contributed by atoms with van der Waals surface area (Å²) in [4.78, 5) is 24.2. The van der Waals surface area contributed by atoms with Crippen LogP contribution in [0.1, 0.15) is 64.2 Å². The molecule has 2 rings (SSSR count). The Bertz CT molecular complexity index is 549. The van der Waals surface area contributed by atoms with Crippen LogP contribution in [-0.2, 0) is 14.3 Å². The number of ether oxygens (including phenoxy) is 1. The molecule has 0 aliphatic heterocycles. The maximum absolute atomic E-state index is 13.1. The summed E-state index contributed by atoms with van der Waals surface area (Å²) in [7, 11) is 0. The standard InChI is InChI=1S/C18H25F3N2O3/c19-18(20,21)14-8-4-3-7-13(14)16(25)26-11-15(24)23-17(12-22)9-5-1-2-6-10-17/h13-14H,1-11H2,(H,23,24)/t13-,14+/m0/s1. The van der Waals surface area contributed by atoms with E-state index in [9.17, 15) is 28.0 Å². The maximum atomic E-state index is 13.1. The first kappa shape index (κ1) is 20.5. The number of hydrogen-bond donors (Lipinski definition) is 1.